The van der Waals surface area contributed by atoms with Crippen LogP contribution in [0.5, 0.6) is 5.75 Å². The molecule has 0 bridgehead atoms. The van der Waals surface area contributed by atoms with Crippen LogP contribution >= 0.6 is 12.4 Å². The number of anilines is 1. The fourth-order valence-electron chi connectivity index (χ4n) is 3.68. The molecule has 2 aliphatic heterocycles. The van der Waals surface area contributed by atoms with Crippen LogP contribution in [0.3, 0.4) is 0 Å². The third-order valence-electron chi connectivity index (χ3n) is 5.06. The molecule has 1 aromatic carbocycles. The quantitative estimate of drug-likeness (QED) is 0.888. The van der Waals surface area contributed by atoms with Crippen molar-refractivity contribution in [3.8, 4) is 5.75 Å². The van der Waals surface area contributed by atoms with Crippen molar-refractivity contribution in [2.24, 2.45) is 5.92 Å². The average Bonchev–Trinajstić information content (AvgIpc) is 2.62. The van der Waals surface area contributed by atoms with E-state index in [9.17, 15) is 4.79 Å². The molecule has 3 rings (SSSR count). The second-order valence-electron chi connectivity index (χ2n) is 6.85. The van der Waals surface area contributed by atoms with E-state index < -0.39 is 0 Å². The molecule has 0 saturated carbocycles. The smallest absolute Gasteiger partial charge is 0.239 e. The maximum atomic E-state index is 12.7. The zero-order valence-electron chi connectivity index (χ0n) is 15.2. The molecule has 1 aromatic rings. The molecule has 0 aromatic heterocycles. The number of amides is 1. The first kappa shape index (κ1) is 19.9. The van der Waals surface area contributed by atoms with Gasteiger partial charge in [0.05, 0.1) is 18.3 Å². The number of para-hydroxylation sites is 2. The summed E-state index contributed by atoms with van der Waals surface area (Å²) in [6.07, 6.45) is 2.14. The molecule has 1 amide bonds. The van der Waals surface area contributed by atoms with E-state index in [1.54, 1.807) is 0 Å². The Morgan fingerprint density at radius 3 is 2.64 bits per heavy atom. The minimum atomic E-state index is 0. The molecular weight excluding hydrogens is 338 g/mol. The number of hydrogen-bond acceptors (Lipinski definition) is 4. The van der Waals surface area contributed by atoms with Gasteiger partial charge in [-0.25, -0.2) is 0 Å². The number of nitrogens with zero attached hydrogens (tertiary/aromatic N) is 2. The van der Waals surface area contributed by atoms with E-state index >= 15 is 0 Å². The third kappa shape index (κ3) is 4.79. The van der Waals surface area contributed by atoms with Gasteiger partial charge in [-0.15, -0.1) is 12.4 Å². The summed E-state index contributed by atoms with van der Waals surface area (Å²) >= 11 is 0. The number of carbonyl (C=O) groups is 1. The standard InChI is InChI=1S/C19H29N3O2.ClH/c1-3-24-18-7-5-4-6-17(18)21-10-12-22(13-11-21)19(23)16-14-15(2)8-9-20-16;/h4-7,15-16,20H,3,8-14H2,1-2H3;1H. The number of hydrogen-bond donors (Lipinski definition) is 1. The summed E-state index contributed by atoms with van der Waals surface area (Å²) < 4.78 is 5.74. The molecule has 0 spiro atoms. The van der Waals surface area contributed by atoms with Gasteiger partial charge in [0.2, 0.25) is 5.91 Å². The minimum Gasteiger partial charge on any atom is -0.492 e. The molecule has 2 aliphatic rings. The monoisotopic (exact) mass is 367 g/mol. The van der Waals surface area contributed by atoms with Crippen LogP contribution in [0.4, 0.5) is 5.69 Å². The summed E-state index contributed by atoms with van der Waals surface area (Å²) in [5, 5.41) is 3.39. The molecule has 25 heavy (non-hydrogen) atoms. The van der Waals surface area contributed by atoms with Gasteiger partial charge in [0.15, 0.2) is 0 Å². The van der Waals surface area contributed by atoms with E-state index in [4.69, 9.17) is 4.74 Å². The lowest BCUT2D eigenvalue weighted by molar-refractivity contribution is -0.134. The number of nitrogens with one attached hydrogen (secondary N) is 1. The van der Waals surface area contributed by atoms with Crippen molar-refractivity contribution < 1.29 is 9.53 Å². The zero-order valence-corrected chi connectivity index (χ0v) is 16.1. The Kier molecular flexibility index (Phi) is 7.38. The molecule has 2 atom stereocenters. The molecule has 5 nitrogen and oxygen atoms in total. The highest BCUT2D eigenvalue weighted by atomic mass is 35.5. The molecule has 6 heteroatoms. The molecular formula is C19H30ClN3O2. The number of benzene rings is 1. The van der Waals surface area contributed by atoms with E-state index in [2.05, 4.69) is 23.2 Å². The van der Waals surface area contributed by atoms with Crippen molar-refractivity contribution in [1.82, 2.24) is 10.2 Å². The van der Waals surface area contributed by atoms with Crippen LogP contribution in [0.2, 0.25) is 0 Å². The molecule has 0 radical (unpaired) electrons. The Balaban J connectivity index is 0.00000225. The van der Waals surface area contributed by atoms with Crippen LogP contribution in [0.25, 0.3) is 0 Å². The summed E-state index contributed by atoms with van der Waals surface area (Å²) in [7, 11) is 0. The molecule has 2 heterocycles. The highest BCUT2D eigenvalue weighted by Crippen LogP contribution is 2.29. The fraction of sp³-hybridized carbons (Fsp3) is 0.632. The summed E-state index contributed by atoms with van der Waals surface area (Å²) in [5.74, 6) is 1.85. The van der Waals surface area contributed by atoms with E-state index in [0.29, 0.717) is 12.5 Å². The van der Waals surface area contributed by atoms with Crippen LogP contribution in [-0.2, 0) is 4.79 Å². The first-order chi connectivity index (χ1) is 11.7. The Morgan fingerprint density at radius 2 is 1.96 bits per heavy atom. The maximum Gasteiger partial charge on any atom is 0.239 e. The predicted molar refractivity (Wildman–Crippen MR) is 104 cm³/mol. The predicted octanol–water partition coefficient (Wildman–Crippen LogP) is 2.54. The first-order valence-electron chi connectivity index (χ1n) is 9.18. The molecule has 2 fully saturated rings. The van der Waals surface area contributed by atoms with Crippen LogP contribution in [0.15, 0.2) is 24.3 Å². The molecule has 140 valence electrons. The number of halogens is 1. The largest absolute Gasteiger partial charge is 0.492 e. The Hall–Kier alpha value is -1.46. The lowest BCUT2D eigenvalue weighted by Crippen LogP contribution is -2.55. The van der Waals surface area contributed by atoms with Gasteiger partial charge in [0, 0.05) is 26.2 Å². The molecule has 2 saturated heterocycles. The number of rotatable bonds is 4. The Morgan fingerprint density at radius 1 is 1.24 bits per heavy atom. The van der Waals surface area contributed by atoms with Gasteiger partial charge in [0.1, 0.15) is 5.75 Å². The summed E-state index contributed by atoms with van der Waals surface area (Å²) in [6.45, 7) is 9.16. The van der Waals surface area contributed by atoms with E-state index in [-0.39, 0.29) is 24.4 Å². The van der Waals surface area contributed by atoms with Crippen molar-refractivity contribution in [3.63, 3.8) is 0 Å². The van der Waals surface area contributed by atoms with Gasteiger partial charge in [-0.05, 0) is 44.4 Å². The van der Waals surface area contributed by atoms with Crippen molar-refractivity contribution in [3.05, 3.63) is 24.3 Å². The summed E-state index contributed by atoms with van der Waals surface area (Å²) in [5.41, 5.74) is 1.14. The van der Waals surface area contributed by atoms with Crippen LogP contribution in [0.1, 0.15) is 26.7 Å². The van der Waals surface area contributed by atoms with Gasteiger partial charge in [-0.3, -0.25) is 4.79 Å². The lowest BCUT2D eigenvalue weighted by Gasteiger charge is -2.39. The van der Waals surface area contributed by atoms with Crippen LogP contribution in [0, 0.1) is 5.92 Å². The number of ether oxygens (including phenoxy) is 1. The average molecular weight is 368 g/mol. The lowest BCUT2D eigenvalue weighted by atomic mass is 9.93. The second-order valence-corrected chi connectivity index (χ2v) is 6.85. The molecule has 1 N–H and O–H groups in total. The topological polar surface area (TPSA) is 44.8 Å². The Bertz CT molecular complexity index is 561. The number of piperazine rings is 1. The van der Waals surface area contributed by atoms with Crippen molar-refractivity contribution >= 4 is 24.0 Å². The summed E-state index contributed by atoms with van der Waals surface area (Å²) in [4.78, 5) is 17.1. The summed E-state index contributed by atoms with van der Waals surface area (Å²) in [6, 6.07) is 8.18. The third-order valence-corrected chi connectivity index (χ3v) is 5.06. The normalized spacial score (nSPS) is 23.8. The van der Waals surface area contributed by atoms with Gasteiger partial charge in [-0.2, -0.15) is 0 Å². The SMILES string of the molecule is CCOc1ccccc1N1CCN(C(=O)C2CC(C)CCN2)CC1.Cl. The van der Waals surface area contributed by atoms with Gasteiger partial charge in [0.25, 0.3) is 0 Å². The van der Waals surface area contributed by atoms with Crippen molar-refractivity contribution in [1.29, 1.82) is 0 Å². The van der Waals surface area contributed by atoms with Crippen LogP contribution in [-0.4, -0.2) is 56.2 Å². The second kappa shape index (κ2) is 9.30. The van der Waals surface area contributed by atoms with Crippen molar-refractivity contribution in [2.75, 3.05) is 44.2 Å². The first-order valence-corrected chi connectivity index (χ1v) is 9.18. The highest BCUT2D eigenvalue weighted by Gasteiger charge is 2.30. The van der Waals surface area contributed by atoms with E-state index in [1.807, 2.05) is 30.0 Å². The molecule has 0 aliphatic carbocycles. The van der Waals surface area contributed by atoms with Crippen molar-refractivity contribution in [2.45, 2.75) is 32.7 Å². The molecule has 2 unspecified atom stereocenters. The minimum absolute atomic E-state index is 0. The van der Waals surface area contributed by atoms with Crippen LogP contribution < -0.4 is 15.0 Å². The van der Waals surface area contributed by atoms with Gasteiger partial charge < -0.3 is 19.9 Å². The maximum absolute atomic E-state index is 12.7. The highest BCUT2D eigenvalue weighted by molar-refractivity contribution is 5.85. The Labute approximate surface area is 157 Å². The number of piperidine rings is 1. The van der Waals surface area contributed by atoms with E-state index in [1.165, 1.54) is 6.42 Å². The number of carbonyl (C=O) groups excluding carboxylic acids is 1. The van der Waals surface area contributed by atoms with Gasteiger partial charge >= 0.3 is 0 Å². The van der Waals surface area contributed by atoms with E-state index in [0.717, 1.165) is 50.6 Å². The zero-order chi connectivity index (χ0) is 16.9. The fourth-order valence-corrected chi connectivity index (χ4v) is 3.68. The van der Waals surface area contributed by atoms with Gasteiger partial charge in [-0.1, -0.05) is 19.1 Å².